The molecule has 0 bridgehead atoms. The number of rotatable bonds is 1. The molecule has 0 saturated heterocycles. The van der Waals surface area contributed by atoms with E-state index in [1.165, 1.54) is 0 Å². The number of pyridine rings is 1. The maximum absolute atomic E-state index is 8.75. The van der Waals surface area contributed by atoms with E-state index < -0.39 is 0 Å². The molecule has 4 nitrogen and oxygen atoms in total. The van der Waals surface area contributed by atoms with E-state index in [2.05, 4.69) is 21.3 Å². The molecule has 0 atom stereocenters. The molecule has 80 valence electrons. The summed E-state index contributed by atoms with van der Waals surface area (Å²) in [6.07, 6.45) is 3.51. The van der Waals surface area contributed by atoms with Crippen molar-refractivity contribution in [1.82, 2.24) is 15.2 Å². The maximum atomic E-state index is 8.75. The molecular formula is C13H8N4. The van der Waals surface area contributed by atoms with Crippen molar-refractivity contribution in [2.45, 2.75) is 0 Å². The average Bonchev–Trinajstić information content (AvgIpc) is 2.83. The normalized spacial score (nSPS) is 10.3. The highest BCUT2D eigenvalue weighted by atomic mass is 15.1. The summed E-state index contributed by atoms with van der Waals surface area (Å²) in [5, 5.41) is 17.0. The highest BCUT2D eigenvalue weighted by Gasteiger charge is 2.07. The van der Waals surface area contributed by atoms with E-state index in [0.29, 0.717) is 5.56 Å². The second-order valence-corrected chi connectivity index (χ2v) is 3.68. The second-order valence-electron chi connectivity index (χ2n) is 3.68. The van der Waals surface area contributed by atoms with Crippen LogP contribution in [0.1, 0.15) is 5.56 Å². The highest BCUT2D eigenvalue weighted by Crippen LogP contribution is 2.25. The quantitative estimate of drug-likeness (QED) is 0.685. The Morgan fingerprint density at radius 1 is 1.12 bits per heavy atom. The van der Waals surface area contributed by atoms with Crippen LogP contribution in [0.25, 0.3) is 22.2 Å². The van der Waals surface area contributed by atoms with Gasteiger partial charge in [0.2, 0.25) is 0 Å². The summed E-state index contributed by atoms with van der Waals surface area (Å²) in [6, 6.07) is 11.3. The fourth-order valence-electron chi connectivity index (χ4n) is 1.78. The predicted octanol–water partition coefficient (Wildman–Crippen LogP) is 2.50. The number of nitrogens with one attached hydrogen (secondary N) is 1. The zero-order valence-electron chi connectivity index (χ0n) is 8.88. The van der Waals surface area contributed by atoms with Gasteiger partial charge in [-0.25, -0.2) is 0 Å². The van der Waals surface area contributed by atoms with E-state index in [4.69, 9.17) is 5.26 Å². The molecule has 2 heterocycles. The van der Waals surface area contributed by atoms with E-state index in [-0.39, 0.29) is 0 Å². The Balaban J connectivity index is 2.17. The van der Waals surface area contributed by atoms with Crippen molar-refractivity contribution in [3.63, 3.8) is 0 Å². The summed E-state index contributed by atoms with van der Waals surface area (Å²) in [5.74, 6) is 0. The van der Waals surface area contributed by atoms with Crippen LogP contribution >= 0.6 is 0 Å². The lowest BCUT2D eigenvalue weighted by atomic mass is 10.1. The Morgan fingerprint density at radius 2 is 1.94 bits per heavy atom. The number of nitriles is 1. The first-order valence-corrected chi connectivity index (χ1v) is 5.17. The van der Waals surface area contributed by atoms with E-state index in [1.807, 2.05) is 18.2 Å². The first-order valence-electron chi connectivity index (χ1n) is 5.17. The Labute approximate surface area is 97.5 Å². The van der Waals surface area contributed by atoms with E-state index >= 15 is 0 Å². The van der Waals surface area contributed by atoms with Crippen molar-refractivity contribution in [1.29, 1.82) is 5.26 Å². The molecule has 3 rings (SSSR count). The van der Waals surface area contributed by atoms with Crippen molar-refractivity contribution in [2.75, 3.05) is 0 Å². The van der Waals surface area contributed by atoms with Crippen molar-refractivity contribution in [3.05, 3.63) is 48.3 Å². The Morgan fingerprint density at radius 3 is 2.71 bits per heavy atom. The van der Waals surface area contributed by atoms with Gasteiger partial charge in [-0.15, -0.1) is 0 Å². The smallest absolute Gasteiger partial charge is 0.101 e. The molecule has 0 aliphatic rings. The van der Waals surface area contributed by atoms with Gasteiger partial charge >= 0.3 is 0 Å². The number of hydrogen-bond donors (Lipinski definition) is 1. The molecule has 2 aromatic heterocycles. The second kappa shape index (κ2) is 3.72. The minimum Gasteiger partial charge on any atom is -0.277 e. The van der Waals surface area contributed by atoms with Gasteiger partial charge in [0.05, 0.1) is 17.1 Å². The van der Waals surface area contributed by atoms with Crippen molar-refractivity contribution >= 4 is 10.9 Å². The number of nitrogens with zero attached hydrogens (tertiary/aromatic N) is 3. The lowest BCUT2D eigenvalue weighted by Gasteiger charge is -1.97. The van der Waals surface area contributed by atoms with Gasteiger partial charge in [-0.05, 0) is 18.2 Å². The largest absolute Gasteiger partial charge is 0.277 e. The minimum atomic E-state index is 0.645. The monoisotopic (exact) mass is 220 g/mol. The molecule has 0 radical (unpaired) electrons. The van der Waals surface area contributed by atoms with Crippen LogP contribution in [0.3, 0.4) is 0 Å². The maximum Gasteiger partial charge on any atom is 0.101 e. The fourth-order valence-corrected chi connectivity index (χ4v) is 1.78. The third-order valence-electron chi connectivity index (χ3n) is 2.65. The molecule has 0 aliphatic carbocycles. The highest BCUT2D eigenvalue weighted by molar-refractivity contribution is 5.92. The summed E-state index contributed by atoms with van der Waals surface area (Å²) in [7, 11) is 0. The number of H-pyrrole nitrogens is 1. The van der Waals surface area contributed by atoms with E-state index in [9.17, 15) is 0 Å². The lowest BCUT2D eigenvalue weighted by molar-refractivity contribution is 1.12. The van der Waals surface area contributed by atoms with E-state index in [0.717, 1.165) is 22.2 Å². The fraction of sp³-hybridized carbons (Fsp3) is 0. The first-order chi connectivity index (χ1) is 8.38. The van der Waals surface area contributed by atoms with Crippen molar-refractivity contribution in [2.24, 2.45) is 0 Å². The molecule has 0 saturated carbocycles. The van der Waals surface area contributed by atoms with Crippen LogP contribution in [0.15, 0.2) is 42.7 Å². The number of hydrogen-bond acceptors (Lipinski definition) is 3. The summed E-state index contributed by atoms with van der Waals surface area (Å²) >= 11 is 0. The van der Waals surface area contributed by atoms with Gasteiger partial charge in [-0.1, -0.05) is 12.1 Å². The van der Waals surface area contributed by atoms with Crippen LogP contribution < -0.4 is 0 Å². The third kappa shape index (κ3) is 1.54. The molecule has 0 unspecified atom stereocenters. The SMILES string of the molecule is N#Cc1ccc(-c2n[nH]c3ccncc23)cc1. The van der Waals surface area contributed by atoms with Crippen molar-refractivity contribution < 1.29 is 0 Å². The van der Waals surface area contributed by atoms with E-state index in [1.54, 1.807) is 24.5 Å². The predicted molar refractivity (Wildman–Crippen MR) is 64.0 cm³/mol. The molecule has 0 aliphatic heterocycles. The van der Waals surface area contributed by atoms with Gasteiger partial charge in [-0.2, -0.15) is 10.4 Å². The molecule has 1 N–H and O–H groups in total. The standard InChI is InChI=1S/C13H8N4/c14-7-9-1-3-10(4-2-9)13-11-8-15-6-5-12(11)16-17-13/h1-6,8H,(H,16,17). The summed E-state index contributed by atoms with van der Waals surface area (Å²) in [6.45, 7) is 0. The zero-order valence-corrected chi connectivity index (χ0v) is 8.88. The van der Waals surface area contributed by atoms with Gasteiger partial charge in [0.1, 0.15) is 5.69 Å². The molecule has 0 fully saturated rings. The topological polar surface area (TPSA) is 65.4 Å². The molecule has 0 spiro atoms. The first kappa shape index (κ1) is 9.55. The van der Waals surface area contributed by atoms with Crippen LogP contribution in [0.2, 0.25) is 0 Å². The molecular weight excluding hydrogens is 212 g/mol. The molecule has 1 aromatic carbocycles. The van der Waals surface area contributed by atoms with Gasteiger partial charge in [0, 0.05) is 23.3 Å². The number of aromatic nitrogens is 3. The van der Waals surface area contributed by atoms with Crippen LogP contribution in [-0.2, 0) is 0 Å². The summed E-state index contributed by atoms with van der Waals surface area (Å²) in [4.78, 5) is 4.09. The third-order valence-corrected chi connectivity index (χ3v) is 2.65. The Bertz CT molecular complexity index is 704. The zero-order chi connectivity index (χ0) is 11.7. The van der Waals surface area contributed by atoms with Crippen LogP contribution in [0.4, 0.5) is 0 Å². The van der Waals surface area contributed by atoms with Crippen LogP contribution in [0, 0.1) is 11.3 Å². The molecule has 3 aromatic rings. The van der Waals surface area contributed by atoms with Crippen LogP contribution in [-0.4, -0.2) is 15.2 Å². The molecule has 4 heteroatoms. The van der Waals surface area contributed by atoms with Gasteiger partial charge in [0.25, 0.3) is 0 Å². The summed E-state index contributed by atoms with van der Waals surface area (Å²) in [5.41, 5.74) is 3.44. The molecule has 17 heavy (non-hydrogen) atoms. The number of aromatic amines is 1. The Hall–Kier alpha value is -2.67. The lowest BCUT2D eigenvalue weighted by Crippen LogP contribution is -1.80. The van der Waals surface area contributed by atoms with Gasteiger partial charge in [0.15, 0.2) is 0 Å². The number of fused-ring (bicyclic) bond motifs is 1. The van der Waals surface area contributed by atoms with Gasteiger partial charge in [-0.3, -0.25) is 10.1 Å². The number of benzene rings is 1. The summed E-state index contributed by atoms with van der Waals surface area (Å²) < 4.78 is 0. The van der Waals surface area contributed by atoms with Crippen LogP contribution in [0.5, 0.6) is 0 Å². The van der Waals surface area contributed by atoms with Crippen molar-refractivity contribution in [3.8, 4) is 17.3 Å². The average molecular weight is 220 g/mol. The molecule has 0 amide bonds. The van der Waals surface area contributed by atoms with Gasteiger partial charge < -0.3 is 0 Å². The minimum absolute atomic E-state index is 0.645. The Kier molecular flexibility index (Phi) is 2.09.